The van der Waals surface area contributed by atoms with E-state index in [0.717, 1.165) is 22.1 Å². The van der Waals surface area contributed by atoms with Crippen LogP contribution in [0.3, 0.4) is 0 Å². The van der Waals surface area contributed by atoms with Crippen LogP contribution in [-0.4, -0.2) is 19.4 Å². The van der Waals surface area contributed by atoms with E-state index >= 15 is 0 Å². The number of fused-ring (bicyclic) bond motifs is 1. The van der Waals surface area contributed by atoms with E-state index in [-0.39, 0.29) is 0 Å². The molecular formula is C13H13N3O2. The molecule has 18 heavy (non-hydrogen) atoms. The number of urea groups is 1. The molecule has 0 heterocycles. The summed E-state index contributed by atoms with van der Waals surface area (Å²) in [6.07, 6.45) is 1.54. The minimum atomic E-state index is -0.684. The van der Waals surface area contributed by atoms with Crippen molar-refractivity contribution in [2.24, 2.45) is 10.8 Å². The van der Waals surface area contributed by atoms with Gasteiger partial charge in [0.1, 0.15) is 5.75 Å². The molecule has 0 radical (unpaired) electrons. The van der Waals surface area contributed by atoms with E-state index in [1.807, 2.05) is 36.4 Å². The summed E-state index contributed by atoms with van der Waals surface area (Å²) in [6, 6.07) is 10.9. The lowest BCUT2D eigenvalue weighted by Crippen LogP contribution is -2.24. The SMILES string of the molecule is COc1ccc2cc(C=NNC(N)=O)ccc2c1. The molecule has 0 saturated heterocycles. The van der Waals surface area contributed by atoms with E-state index in [1.165, 1.54) is 6.21 Å². The summed E-state index contributed by atoms with van der Waals surface area (Å²) in [7, 11) is 1.64. The van der Waals surface area contributed by atoms with Crippen molar-refractivity contribution in [3.63, 3.8) is 0 Å². The highest BCUT2D eigenvalue weighted by Gasteiger charge is 1.97. The zero-order valence-electron chi connectivity index (χ0n) is 9.88. The average molecular weight is 243 g/mol. The molecule has 0 aromatic heterocycles. The number of nitrogens with two attached hydrogens (primary N) is 1. The maximum absolute atomic E-state index is 10.5. The lowest BCUT2D eigenvalue weighted by Gasteiger charge is -2.03. The highest BCUT2D eigenvalue weighted by Crippen LogP contribution is 2.21. The van der Waals surface area contributed by atoms with Crippen LogP contribution in [0.1, 0.15) is 5.56 Å². The van der Waals surface area contributed by atoms with Gasteiger partial charge in [-0.1, -0.05) is 18.2 Å². The van der Waals surface area contributed by atoms with Crippen LogP contribution < -0.4 is 15.9 Å². The van der Waals surface area contributed by atoms with E-state index in [9.17, 15) is 4.79 Å². The molecule has 5 nitrogen and oxygen atoms in total. The average Bonchev–Trinajstić information content (AvgIpc) is 2.37. The molecule has 0 spiro atoms. The fourth-order valence-corrected chi connectivity index (χ4v) is 1.62. The quantitative estimate of drug-likeness (QED) is 0.637. The van der Waals surface area contributed by atoms with Gasteiger partial charge in [0, 0.05) is 0 Å². The summed E-state index contributed by atoms with van der Waals surface area (Å²) < 4.78 is 5.16. The summed E-state index contributed by atoms with van der Waals surface area (Å²) in [5.41, 5.74) is 7.93. The number of amides is 2. The molecule has 2 aromatic carbocycles. The van der Waals surface area contributed by atoms with Gasteiger partial charge in [-0.15, -0.1) is 0 Å². The Bertz CT molecular complexity index is 608. The van der Waals surface area contributed by atoms with Gasteiger partial charge in [-0.05, 0) is 34.5 Å². The topological polar surface area (TPSA) is 76.7 Å². The van der Waals surface area contributed by atoms with E-state index in [4.69, 9.17) is 10.5 Å². The summed E-state index contributed by atoms with van der Waals surface area (Å²) in [6.45, 7) is 0. The first-order valence-electron chi connectivity index (χ1n) is 5.35. The Balaban J connectivity index is 2.27. The number of carbonyl (C=O) groups excluding carboxylic acids is 1. The standard InChI is InChI=1S/C13H13N3O2/c1-18-12-5-4-10-6-9(2-3-11(10)7-12)8-15-16-13(14)17/h2-8H,1H3,(H3,14,16,17). The molecule has 0 unspecified atom stereocenters. The van der Waals surface area contributed by atoms with Gasteiger partial charge in [-0.3, -0.25) is 0 Å². The number of benzene rings is 2. The largest absolute Gasteiger partial charge is 0.497 e. The molecule has 2 rings (SSSR count). The highest BCUT2D eigenvalue weighted by atomic mass is 16.5. The van der Waals surface area contributed by atoms with Gasteiger partial charge in [-0.2, -0.15) is 5.10 Å². The maximum atomic E-state index is 10.5. The fourth-order valence-electron chi connectivity index (χ4n) is 1.62. The van der Waals surface area contributed by atoms with E-state index in [1.54, 1.807) is 7.11 Å². The molecule has 0 aliphatic rings. The Morgan fingerprint density at radius 1 is 1.28 bits per heavy atom. The molecule has 2 amide bonds. The van der Waals surface area contributed by atoms with Crippen molar-refractivity contribution in [3.8, 4) is 5.75 Å². The zero-order valence-corrected chi connectivity index (χ0v) is 9.88. The van der Waals surface area contributed by atoms with Crippen molar-refractivity contribution in [2.45, 2.75) is 0 Å². The number of carbonyl (C=O) groups is 1. The van der Waals surface area contributed by atoms with Crippen molar-refractivity contribution in [2.75, 3.05) is 7.11 Å². The third-order valence-corrected chi connectivity index (χ3v) is 2.46. The number of hydrogen-bond acceptors (Lipinski definition) is 3. The van der Waals surface area contributed by atoms with Crippen LogP contribution in [-0.2, 0) is 0 Å². The van der Waals surface area contributed by atoms with Crippen molar-refractivity contribution >= 4 is 23.0 Å². The van der Waals surface area contributed by atoms with Gasteiger partial charge < -0.3 is 10.5 Å². The van der Waals surface area contributed by atoms with Crippen LogP contribution in [0.4, 0.5) is 4.79 Å². The molecule has 5 heteroatoms. The monoisotopic (exact) mass is 243 g/mol. The molecule has 3 N–H and O–H groups in total. The first-order chi connectivity index (χ1) is 8.69. The summed E-state index contributed by atoms with van der Waals surface area (Å²) in [5.74, 6) is 0.819. The second-order valence-corrected chi connectivity index (χ2v) is 3.71. The Hall–Kier alpha value is -2.56. The Morgan fingerprint density at radius 3 is 2.72 bits per heavy atom. The van der Waals surface area contributed by atoms with E-state index < -0.39 is 6.03 Å². The van der Waals surface area contributed by atoms with Crippen molar-refractivity contribution in [3.05, 3.63) is 42.0 Å². The van der Waals surface area contributed by atoms with Gasteiger partial charge in [0.05, 0.1) is 13.3 Å². The van der Waals surface area contributed by atoms with Crippen LogP contribution in [0.15, 0.2) is 41.5 Å². The molecule has 0 aliphatic carbocycles. The predicted molar refractivity (Wildman–Crippen MR) is 70.8 cm³/mol. The smallest absolute Gasteiger partial charge is 0.332 e. The lowest BCUT2D eigenvalue weighted by molar-refractivity contribution is 0.249. The second kappa shape index (κ2) is 5.18. The van der Waals surface area contributed by atoms with Crippen LogP contribution in [0.2, 0.25) is 0 Å². The Kier molecular flexibility index (Phi) is 3.43. The number of nitrogens with zero attached hydrogens (tertiary/aromatic N) is 1. The summed E-state index contributed by atoms with van der Waals surface area (Å²) in [5, 5.41) is 5.85. The van der Waals surface area contributed by atoms with Crippen molar-refractivity contribution in [1.29, 1.82) is 0 Å². The number of nitrogens with one attached hydrogen (secondary N) is 1. The van der Waals surface area contributed by atoms with E-state index in [0.29, 0.717) is 0 Å². The van der Waals surface area contributed by atoms with Gasteiger partial charge in [-0.25, -0.2) is 10.2 Å². The third kappa shape index (κ3) is 2.76. The molecule has 0 fully saturated rings. The molecular weight excluding hydrogens is 230 g/mol. The maximum Gasteiger partial charge on any atom is 0.332 e. The number of primary amides is 1. The Morgan fingerprint density at radius 2 is 2.00 bits per heavy atom. The Labute approximate surface area is 104 Å². The van der Waals surface area contributed by atoms with Crippen LogP contribution in [0.5, 0.6) is 5.75 Å². The van der Waals surface area contributed by atoms with Gasteiger partial charge >= 0.3 is 6.03 Å². The van der Waals surface area contributed by atoms with Gasteiger partial charge in [0.15, 0.2) is 0 Å². The van der Waals surface area contributed by atoms with E-state index in [2.05, 4.69) is 10.5 Å². The summed E-state index contributed by atoms with van der Waals surface area (Å²) >= 11 is 0. The molecule has 92 valence electrons. The molecule has 0 bridgehead atoms. The minimum Gasteiger partial charge on any atom is -0.497 e. The number of rotatable bonds is 3. The molecule has 0 saturated carbocycles. The van der Waals surface area contributed by atoms with Crippen LogP contribution in [0, 0.1) is 0 Å². The highest BCUT2D eigenvalue weighted by molar-refractivity contribution is 5.91. The number of hydrogen-bond donors (Lipinski definition) is 2. The number of methoxy groups -OCH3 is 1. The van der Waals surface area contributed by atoms with Crippen LogP contribution >= 0.6 is 0 Å². The van der Waals surface area contributed by atoms with Crippen molar-refractivity contribution < 1.29 is 9.53 Å². The zero-order chi connectivity index (χ0) is 13.0. The molecule has 0 atom stereocenters. The summed E-state index contributed by atoms with van der Waals surface area (Å²) in [4.78, 5) is 10.5. The first-order valence-corrected chi connectivity index (χ1v) is 5.35. The van der Waals surface area contributed by atoms with Crippen molar-refractivity contribution in [1.82, 2.24) is 5.43 Å². The molecule has 2 aromatic rings. The third-order valence-electron chi connectivity index (χ3n) is 2.46. The first kappa shape index (κ1) is 11.9. The minimum absolute atomic E-state index is 0.684. The normalized spacial score (nSPS) is 10.7. The van der Waals surface area contributed by atoms with Crippen LogP contribution in [0.25, 0.3) is 10.8 Å². The lowest BCUT2D eigenvalue weighted by atomic mass is 10.1. The number of hydrazone groups is 1. The van der Waals surface area contributed by atoms with Gasteiger partial charge in [0.25, 0.3) is 0 Å². The molecule has 0 aliphatic heterocycles. The number of ether oxygens (including phenoxy) is 1. The predicted octanol–water partition coefficient (Wildman–Crippen LogP) is 1.85. The fraction of sp³-hybridized carbons (Fsp3) is 0.0769. The van der Waals surface area contributed by atoms with Gasteiger partial charge in [0.2, 0.25) is 0 Å². The second-order valence-electron chi connectivity index (χ2n) is 3.71.